The fourth-order valence-electron chi connectivity index (χ4n) is 4.21. The van der Waals surface area contributed by atoms with Crippen molar-refractivity contribution >= 4 is 28.4 Å². The minimum absolute atomic E-state index is 0.0542. The van der Waals surface area contributed by atoms with E-state index < -0.39 is 0 Å². The normalized spacial score (nSPS) is 17.6. The summed E-state index contributed by atoms with van der Waals surface area (Å²) in [6.45, 7) is 4.31. The maximum Gasteiger partial charge on any atom is 0.261 e. The van der Waals surface area contributed by atoms with Crippen LogP contribution in [0, 0.1) is 5.92 Å². The van der Waals surface area contributed by atoms with Gasteiger partial charge in [-0.2, -0.15) is 0 Å². The molecule has 4 rings (SSSR count). The summed E-state index contributed by atoms with van der Waals surface area (Å²) < 4.78 is 1.77. The lowest BCUT2D eigenvalue weighted by molar-refractivity contribution is -0.135. The third-order valence-corrected chi connectivity index (χ3v) is 6.05. The van der Waals surface area contributed by atoms with Gasteiger partial charge in [-0.05, 0) is 49.8 Å². The Morgan fingerprint density at radius 2 is 1.93 bits per heavy atom. The second-order valence-electron chi connectivity index (χ2n) is 8.32. The van der Waals surface area contributed by atoms with Crippen molar-refractivity contribution in [3.63, 3.8) is 0 Å². The molecule has 1 aromatic heterocycles. The van der Waals surface area contributed by atoms with Crippen LogP contribution < -0.4 is 10.9 Å². The van der Waals surface area contributed by atoms with Crippen LogP contribution in [0.2, 0.25) is 0 Å². The molecule has 0 unspecified atom stereocenters. The molecule has 2 aromatic rings. The monoisotopic (exact) mass is 396 g/mol. The van der Waals surface area contributed by atoms with Crippen LogP contribution in [0.1, 0.15) is 51.3 Å². The van der Waals surface area contributed by atoms with Gasteiger partial charge in [0, 0.05) is 31.7 Å². The highest BCUT2D eigenvalue weighted by molar-refractivity contribution is 6.04. The fraction of sp³-hybridized carbons (Fsp3) is 0.545. The Hall–Kier alpha value is -2.70. The Morgan fingerprint density at radius 1 is 1.14 bits per heavy atom. The molecule has 0 aliphatic carbocycles. The first-order chi connectivity index (χ1) is 14.0. The number of fused-ring (bicyclic) bond motifs is 2. The average molecular weight is 396 g/mol. The number of anilines is 1. The Bertz CT molecular complexity index is 989. The van der Waals surface area contributed by atoms with Crippen LogP contribution in [-0.4, -0.2) is 39.4 Å². The standard InChI is InChI=1S/C22H28N4O3/c1-15-8-11-25(12-9-15)21(28)14-20(27)23-16-6-7-18-17(13-16)22(29)26-10-4-2-3-5-19(26)24-18/h6-7,13,15H,2-5,8-12,14H2,1H3,(H,23,27). The van der Waals surface area contributed by atoms with Gasteiger partial charge in [-0.15, -0.1) is 0 Å². The second-order valence-corrected chi connectivity index (χ2v) is 8.32. The molecular weight excluding hydrogens is 368 g/mol. The lowest BCUT2D eigenvalue weighted by atomic mass is 9.99. The third-order valence-electron chi connectivity index (χ3n) is 6.05. The molecule has 0 bridgehead atoms. The number of aromatic nitrogens is 2. The first-order valence-corrected chi connectivity index (χ1v) is 10.6. The number of hydrogen-bond acceptors (Lipinski definition) is 4. The summed E-state index contributed by atoms with van der Waals surface area (Å²) in [6, 6.07) is 5.19. The summed E-state index contributed by atoms with van der Waals surface area (Å²) in [5.74, 6) is 0.990. The smallest absolute Gasteiger partial charge is 0.261 e. The van der Waals surface area contributed by atoms with E-state index in [1.165, 1.54) is 0 Å². The first-order valence-electron chi connectivity index (χ1n) is 10.6. The van der Waals surface area contributed by atoms with Gasteiger partial charge >= 0.3 is 0 Å². The third kappa shape index (κ3) is 4.33. The van der Waals surface area contributed by atoms with Gasteiger partial charge in [0.05, 0.1) is 10.9 Å². The van der Waals surface area contributed by atoms with Crippen LogP contribution >= 0.6 is 0 Å². The van der Waals surface area contributed by atoms with Crippen molar-refractivity contribution in [2.24, 2.45) is 5.92 Å². The molecule has 0 saturated carbocycles. The lowest BCUT2D eigenvalue weighted by Crippen LogP contribution is -2.39. The molecule has 7 heteroatoms. The molecule has 29 heavy (non-hydrogen) atoms. The number of carbonyl (C=O) groups is 2. The van der Waals surface area contributed by atoms with Crippen molar-refractivity contribution in [2.45, 2.75) is 58.4 Å². The number of nitrogens with one attached hydrogen (secondary N) is 1. The van der Waals surface area contributed by atoms with Crippen molar-refractivity contribution in [3.05, 3.63) is 34.4 Å². The highest BCUT2D eigenvalue weighted by Gasteiger charge is 2.22. The predicted molar refractivity (Wildman–Crippen MR) is 112 cm³/mol. The highest BCUT2D eigenvalue weighted by Crippen LogP contribution is 2.19. The van der Waals surface area contributed by atoms with Crippen LogP contribution in [0.4, 0.5) is 5.69 Å². The van der Waals surface area contributed by atoms with Gasteiger partial charge in [-0.25, -0.2) is 4.98 Å². The summed E-state index contributed by atoms with van der Waals surface area (Å²) in [6.07, 6.45) is 5.75. The van der Waals surface area contributed by atoms with E-state index in [4.69, 9.17) is 0 Å². The van der Waals surface area contributed by atoms with Crippen LogP contribution in [-0.2, 0) is 22.6 Å². The molecule has 1 aromatic carbocycles. The molecule has 1 N–H and O–H groups in total. The summed E-state index contributed by atoms with van der Waals surface area (Å²) in [5.41, 5.74) is 1.12. The van der Waals surface area contributed by atoms with Crippen LogP contribution in [0.5, 0.6) is 0 Å². The number of rotatable bonds is 3. The number of nitrogens with zero attached hydrogens (tertiary/aromatic N) is 3. The molecule has 0 radical (unpaired) electrons. The van der Waals surface area contributed by atoms with E-state index in [2.05, 4.69) is 17.2 Å². The maximum absolute atomic E-state index is 12.9. The molecule has 2 aliphatic heterocycles. The molecule has 0 spiro atoms. The zero-order chi connectivity index (χ0) is 20.4. The van der Waals surface area contributed by atoms with Gasteiger partial charge in [0.1, 0.15) is 12.2 Å². The van der Waals surface area contributed by atoms with Gasteiger partial charge in [0.25, 0.3) is 5.56 Å². The van der Waals surface area contributed by atoms with Gasteiger partial charge in [-0.3, -0.25) is 19.0 Å². The number of piperidine rings is 1. The molecule has 2 amide bonds. The topological polar surface area (TPSA) is 84.3 Å². The van der Waals surface area contributed by atoms with E-state index >= 15 is 0 Å². The SMILES string of the molecule is CC1CCN(C(=O)CC(=O)Nc2ccc3nc4n(c(=O)c3c2)CCCCC4)CC1. The Balaban J connectivity index is 1.48. The quantitative estimate of drug-likeness (QED) is 0.809. The van der Waals surface area contributed by atoms with Crippen LogP contribution in [0.15, 0.2) is 23.0 Å². The Morgan fingerprint density at radius 3 is 2.72 bits per heavy atom. The van der Waals surface area contributed by atoms with E-state index in [0.717, 1.165) is 57.4 Å². The summed E-state index contributed by atoms with van der Waals surface area (Å²) in [7, 11) is 0. The van der Waals surface area contributed by atoms with Crippen LogP contribution in [0.25, 0.3) is 10.9 Å². The second kappa shape index (κ2) is 8.35. The molecule has 0 atom stereocenters. The zero-order valence-corrected chi connectivity index (χ0v) is 16.9. The number of likely N-dealkylation sites (tertiary alicyclic amines) is 1. The van der Waals surface area contributed by atoms with Crippen LogP contribution in [0.3, 0.4) is 0 Å². The van der Waals surface area contributed by atoms with Gasteiger partial charge in [0.2, 0.25) is 11.8 Å². The number of amides is 2. The van der Waals surface area contributed by atoms with E-state index in [-0.39, 0.29) is 23.8 Å². The van der Waals surface area contributed by atoms with Crippen molar-refractivity contribution in [1.82, 2.24) is 14.5 Å². The molecule has 7 nitrogen and oxygen atoms in total. The highest BCUT2D eigenvalue weighted by atomic mass is 16.2. The predicted octanol–water partition coefficient (Wildman–Crippen LogP) is 2.71. The molecule has 154 valence electrons. The van der Waals surface area contributed by atoms with E-state index in [9.17, 15) is 14.4 Å². The van der Waals surface area contributed by atoms with Gasteiger partial charge in [-0.1, -0.05) is 13.3 Å². The first kappa shape index (κ1) is 19.6. The summed E-state index contributed by atoms with van der Waals surface area (Å²) in [4.78, 5) is 44.1. The Labute approximate surface area is 170 Å². The number of aryl methyl sites for hydroxylation is 1. The minimum atomic E-state index is -0.351. The molecule has 1 saturated heterocycles. The summed E-state index contributed by atoms with van der Waals surface area (Å²) in [5, 5.41) is 3.27. The summed E-state index contributed by atoms with van der Waals surface area (Å²) >= 11 is 0. The van der Waals surface area contributed by atoms with Gasteiger partial charge < -0.3 is 10.2 Å². The minimum Gasteiger partial charge on any atom is -0.342 e. The van der Waals surface area contributed by atoms with E-state index in [1.54, 1.807) is 27.7 Å². The van der Waals surface area contributed by atoms with Crippen molar-refractivity contribution in [1.29, 1.82) is 0 Å². The largest absolute Gasteiger partial charge is 0.342 e. The van der Waals surface area contributed by atoms with E-state index in [1.807, 2.05) is 0 Å². The number of benzene rings is 1. The van der Waals surface area contributed by atoms with Crippen molar-refractivity contribution < 1.29 is 9.59 Å². The zero-order valence-electron chi connectivity index (χ0n) is 16.9. The molecule has 3 heterocycles. The van der Waals surface area contributed by atoms with E-state index in [0.29, 0.717) is 29.1 Å². The lowest BCUT2D eigenvalue weighted by Gasteiger charge is -2.30. The van der Waals surface area contributed by atoms with Gasteiger partial charge in [0.15, 0.2) is 0 Å². The average Bonchev–Trinajstić information content (AvgIpc) is 2.94. The Kier molecular flexibility index (Phi) is 5.65. The molecular formula is C22H28N4O3. The van der Waals surface area contributed by atoms with Crippen molar-refractivity contribution in [2.75, 3.05) is 18.4 Å². The molecule has 1 fully saturated rings. The molecule has 2 aliphatic rings. The number of carbonyl (C=O) groups excluding carboxylic acids is 2. The maximum atomic E-state index is 12.9. The fourth-order valence-corrected chi connectivity index (χ4v) is 4.21. The number of hydrogen-bond donors (Lipinski definition) is 1. The van der Waals surface area contributed by atoms with Crippen molar-refractivity contribution in [3.8, 4) is 0 Å².